The van der Waals surface area contributed by atoms with Crippen LogP contribution in [0.3, 0.4) is 0 Å². The van der Waals surface area contributed by atoms with Crippen LogP contribution in [-0.2, 0) is 9.53 Å². The molecule has 16 heavy (non-hydrogen) atoms. The van der Waals surface area contributed by atoms with E-state index in [1.165, 1.54) is 0 Å². The third kappa shape index (κ3) is 4.47. The van der Waals surface area contributed by atoms with Crippen molar-refractivity contribution in [1.29, 1.82) is 0 Å². The SMILES string of the molecule is COCCN1CCN(CC(C)(C)O)CC1=O. The van der Waals surface area contributed by atoms with Gasteiger partial charge in [-0.1, -0.05) is 0 Å². The molecule has 0 bridgehead atoms. The van der Waals surface area contributed by atoms with E-state index in [-0.39, 0.29) is 5.91 Å². The summed E-state index contributed by atoms with van der Waals surface area (Å²) in [4.78, 5) is 15.5. The van der Waals surface area contributed by atoms with E-state index in [1.54, 1.807) is 21.0 Å². The molecule has 0 saturated carbocycles. The average molecular weight is 230 g/mol. The summed E-state index contributed by atoms with van der Waals surface area (Å²) < 4.78 is 4.95. The van der Waals surface area contributed by atoms with E-state index in [0.29, 0.717) is 26.2 Å². The Kier molecular flexibility index (Phi) is 4.70. The molecule has 94 valence electrons. The Bertz CT molecular complexity index is 238. The molecule has 5 heteroatoms. The number of piperazine rings is 1. The lowest BCUT2D eigenvalue weighted by molar-refractivity contribution is -0.137. The normalized spacial score (nSPS) is 19.2. The van der Waals surface area contributed by atoms with E-state index in [1.807, 2.05) is 9.80 Å². The molecular formula is C11H22N2O3. The van der Waals surface area contributed by atoms with Crippen LogP contribution < -0.4 is 0 Å². The van der Waals surface area contributed by atoms with Gasteiger partial charge in [0, 0.05) is 33.3 Å². The van der Waals surface area contributed by atoms with Gasteiger partial charge in [0.05, 0.1) is 18.8 Å². The van der Waals surface area contributed by atoms with Crippen molar-refractivity contribution in [3.05, 3.63) is 0 Å². The summed E-state index contributed by atoms with van der Waals surface area (Å²) >= 11 is 0. The number of rotatable bonds is 5. The molecule has 0 spiro atoms. The van der Waals surface area contributed by atoms with E-state index < -0.39 is 5.60 Å². The second kappa shape index (κ2) is 5.61. The molecule has 0 aliphatic carbocycles. The predicted octanol–water partition coefficient (Wildman–Crippen LogP) is -0.452. The molecule has 1 aliphatic heterocycles. The first-order chi connectivity index (χ1) is 7.42. The molecule has 0 radical (unpaired) electrons. The maximum Gasteiger partial charge on any atom is 0.236 e. The van der Waals surface area contributed by atoms with Gasteiger partial charge in [0.2, 0.25) is 5.91 Å². The van der Waals surface area contributed by atoms with Crippen molar-refractivity contribution >= 4 is 5.91 Å². The second-order valence-electron chi connectivity index (χ2n) is 4.90. The highest BCUT2D eigenvalue weighted by Crippen LogP contribution is 2.09. The molecule has 1 rings (SSSR count). The van der Waals surface area contributed by atoms with Crippen molar-refractivity contribution in [1.82, 2.24) is 9.80 Å². The zero-order chi connectivity index (χ0) is 12.2. The lowest BCUT2D eigenvalue weighted by Gasteiger charge is -2.36. The number of methoxy groups -OCH3 is 1. The highest BCUT2D eigenvalue weighted by Gasteiger charge is 2.26. The zero-order valence-corrected chi connectivity index (χ0v) is 10.4. The third-order valence-electron chi connectivity index (χ3n) is 2.57. The van der Waals surface area contributed by atoms with Crippen LogP contribution in [0.4, 0.5) is 0 Å². The molecule has 1 N–H and O–H groups in total. The molecule has 0 aromatic carbocycles. The number of aliphatic hydroxyl groups is 1. The number of carbonyl (C=O) groups excluding carboxylic acids is 1. The van der Waals surface area contributed by atoms with Gasteiger partial charge in [-0.05, 0) is 13.8 Å². The Morgan fingerprint density at radius 2 is 2.12 bits per heavy atom. The molecule has 0 atom stereocenters. The summed E-state index contributed by atoms with van der Waals surface area (Å²) in [7, 11) is 1.63. The van der Waals surface area contributed by atoms with Crippen molar-refractivity contribution in [3.8, 4) is 0 Å². The fourth-order valence-corrected chi connectivity index (χ4v) is 1.88. The minimum absolute atomic E-state index is 0.118. The van der Waals surface area contributed by atoms with Gasteiger partial charge in [-0.15, -0.1) is 0 Å². The molecule has 1 heterocycles. The Balaban J connectivity index is 2.36. The number of hydrogen-bond donors (Lipinski definition) is 1. The Hall–Kier alpha value is -0.650. The standard InChI is InChI=1S/C11H22N2O3/c1-11(2,15)9-12-4-5-13(6-7-16-3)10(14)8-12/h15H,4-9H2,1-3H3. The summed E-state index contributed by atoms with van der Waals surface area (Å²) in [6, 6.07) is 0. The van der Waals surface area contributed by atoms with Gasteiger partial charge in [0.15, 0.2) is 0 Å². The van der Waals surface area contributed by atoms with Crippen molar-refractivity contribution in [2.75, 3.05) is 46.4 Å². The highest BCUT2D eigenvalue weighted by atomic mass is 16.5. The zero-order valence-electron chi connectivity index (χ0n) is 10.4. The van der Waals surface area contributed by atoms with Crippen molar-refractivity contribution in [2.24, 2.45) is 0 Å². The first-order valence-corrected chi connectivity index (χ1v) is 5.64. The fraction of sp³-hybridized carbons (Fsp3) is 0.909. The molecular weight excluding hydrogens is 208 g/mol. The number of hydrogen-bond acceptors (Lipinski definition) is 4. The molecule has 1 amide bonds. The van der Waals surface area contributed by atoms with Crippen LogP contribution in [0.25, 0.3) is 0 Å². The maximum absolute atomic E-state index is 11.7. The lowest BCUT2D eigenvalue weighted by atomic mass is 10.1. The van der Waals surface area contributed by atoms with Crippen LogP contribution in [0.5, 0.6) is 0 Å². The van der Waals surface area contributed by atoms with Gasteiger partial charge in [-0.25, -0.2) is 0 Å². The van der Waals surface area contributed by atoms with Crippen molar-refractivity contribution in [3.63, 3.8) is 0 Å². The lowest BCUT2D eigenvalue weighted by Crippen LogP contribution is -2.54. The van der Waals surface area contributed by atoms with E-state index in [0.717, 1.165) is 13.1 Å². The topological polar surface area (TPSA) is 53.0 Å². The van der Waals surface area contributed by atoms with Gasteiger partial charge >= 0.3 is 0 Å². The van der Waals surface area contributed by atoms with Gasteiger partial charge < -0.3 is 14.7 Å². The average Bonchev–Trinajstić information content (AvgIpc) is 2.14. The predicted molar refractivity (Wildman–Crippen MR) is 61.2 cm³/mol. The number of nitrogens with zero attached hydrogens (tertiary/aromatic N) is 2. The summed E-state index contributed by atoms with van der Waals surface area (Å²) in [6.45, 7) is 7.23. The van der Waals surface area contributed by atoms with Crippen molar-refractivity contribution in [2.45, 2.75) is 19.4 Å². The monoisotopic (exact) mass is 230 g/mol. The maximum atomic E-state index is 11.7. The number of carbonyl (C=O) groups is 1. The van der Waals surface area contributed by atoms with Crippen LogP contribution in [0.15, 0.2) is 0 Å². The highest BCUT2D eigenvalue weighted by molar-refractivity contribution is 5.79. The summed E-state index contributed by atoms with van der Waals surface area (Å²) in [5.41, 5.74) is -0.741. The van der Waals surface area contributed by atoms with Gasteiger partial charge in [-0.3, -0.25) is 9.69 Å². The van der Waals surface area contributed by atoms with E-state index in [2.05, 4.69) is 0 Å². The van der Waals surface area contributed by atoms with Crippen LogP contribution in [0.1, 0.15) is 13.8 Å². The number of ether oxygens (including phenoxy) is 1. The quantitative estimate of drug-likeness (QED) is 0.695. The molecule has 1 saturated heterocycles. The molecule has 1 fully saturated rings. The summed E-state index contributed by atoms with van der Waals surface area (Å²) in [5, 5.41) is 9.68. The molecule has 5 nitrogen and oxygen atoms in total. The minimum Gasteiger partial charge on any atom is -0.389 e. The first kappa shape index (κ1) is 13.4. The van der Waals surface area contributed by atoms with Gasteiger partial charge in [-0.2, -0.15) is 0 Å². The van der Waals surface area contributed by atoms with Crippen LogP contribution in [0.2, 0.25) is 0 Å². The van der Waals surface area contributed by atoms with Gasteiger partial charge in [0.25, 0.3) is 0 Å². The Labute approximate surface area is 97.0 Å². The van der Waals surface area contributed by atoms with E-state index in [9.17, 15) is 9.90 Å². The van der Waals surface area contributed by atoms with E-state index >= 15 is 0 Å². The molecule has 0 unspecified atom stereocenters. The van der Waals surface area contributed by atoms with Crippen molar-refractivity contribution < 1.29 is 14.6 Å². The van der Waals surface area contributed by atoms with Crippen LogP contribution in [-0.4, -0.2) is 72.9 Å². The summed E-state index contributed by atoms with van der Waals surface area (Å²) in [5.74, 6) is 0.118. The smallest absolute Gasteiger partial charge is 0.236 e. The molecule has 1 aliphatic rings. The second-order valence-corrected chi connectivity index (χ2v) is 4.90. The van der Waals surface area contributed by atoms with Crippen LogP contribution in [0, 0.1) is 0 Å². The number of β-amino-alcohol motifs (C(OH)–C–C–N with tert-alkyl or cyclic N) is 1. The molecule has 0 aromatic heterocycles. The fourth-order valence-electron chi connectivity index (χ4n) is 1.88. The number of amides is 1. The minimum atomic E-state index is -0.741. The largest absolute Gasteiger partial charge is 0.389 e. The first-order valence-electron chi connectivity index (χ1n) is 5.64. The molecule has 0 aromatic rings. The Morgan fingerprint density at radius 3 is 2.62 bits per heavy atom. The van der Waals surface area contributed by atoms with Crippen LogP contribution >= 0.6 is 0 Å². The Morgan fingerprint density at radius 1 is 1.44 bits per heavy atom. The van der Waals surface area contributed by atoms with E-state index in [4.69, 9.17) is 4.74 Å². The van der Waals surface area contributed by atoms with Gasteiger partial charge in [0.1, 0.15) is 0 Å². The summed E-state index contributed by atoms with van der Waals surface area (Å²) in [6.07, 6.45) is 0. The third-order valence-corrected chi connectivity index (χ3v) is 2.57.